The number of anilines is 1. The van der Waals surface area contributed by atoms with Gasteiger partial charge in [-0.2, -0.15) is 0 Å². The van der Waals surface area contributed by atoms with E-state index >= 15 is 0 Å². The van der Waals surface area contributed by atoms with E-state index in [9.17, 15) is 9.90 Å². The van der Waals surface area contributed by atoms with E-state index in [0.717, 1.165) is 42.4 Å². The van der Waals surface area contributed by atoms with E-state index in [2.05, 4.69) is 17.9 Å². The first-order valence-corrected chi connectivity index (χ1v) is 10.4. The van der Waals surface area contributed by atoms with Crippen molar-refractivity contribution in [3.8, 4) is 5.75 Å². The normalized spacial score (nSPS) is 20.1. The molecule has 1 atom stereocenters. The van der Waals surface area contributed by atoms with Gasteiger partial charge in [0.15, 0.2) is 0 Å². The van der Waals surface area contributed by atoms with Crippen LogP contribution in [0, 0.1) is 5.92 Å². The van der Waals surface area contributed by atoms with Gasteiger partial charge in [-0.25, -0.2) is 0 Å². The minimum absolute atomic E-state index is 0.175. The fourth-order valence-corrected chi connectivity index (χ4v) is 5.27. The fourth-order valence-electron chi connectivity index (χ4n) is 4.09. The average Bonchev–Trinajstić information content (AvgIpc) is 3.11. The molecule has 4 rings (SSSR count). The molecule has 2 heterocycles. The summed E-state index contributed by atoms with van der Waals surface area (Å²) in [5.74, 6) is 1.26. The van der Waals surface area contributed by atoms with E-state index in [0.29, 0.717) is 18.8 Å². The van der Waals surface area contributed by atoms with Crippen molar-refractivity contribution in [1.82, 2.24) is 4.90 Å². The van der Waals surface area contributed by atoms with Crippen LogP contribution in [0.3, 0.4) is 0 Å². The molecule has 1 aromatic carbocycles. The molecule has 1 saturated heterocycles. The van der Waals surface area contributed by atoms with Gasteiger partial charge in [-0.05, 0) is 48.9 Å². The summed E-state index contributed by atoms with van der Waals surface area (Å²) in [5.41, 5.74) is 2.26. The number of fused-ring (bicyclic) bond motifs is 1. The van der Waals surface area contributed by atoms with Gasteiger partial charge in [-0.3, -0.25) is 4.79 Å². The van der Waals surface area contributed by atoms with Gasteiger partial charge in [-0.1, -0.05) is 25.5 Å². The maximum absolute atomic E-state index is 12.9. The fraction of sp³-hybridized carbons (Fsp3) is 0.476. The summed E-state index contributed by atoms with van der Waals surface area (Å²) in [6.07, 6.45) is 4.76. The lowest BCUT2D eigenvalue weighted by Gasteiger charge is -2.36. The highest BCUT2D eigenvalue weighted by Crippen LogP contribution is 2.34. The van der Waals surface area contributed by atoms with Crippen molar-refractivity contribution in [2.75, 3.05) is 31.1 Å². The number of carbonyl (C=O) groups is 1. The molecular weight excluding hydrogens is 344 g/mol. The number of phenols is 1. The monoisotopic (exact) mass is 370 g/mol. The second kappa shape index (κ2) is 7.31. The Balaban J connectivity index is 1.41. The van der Waals surface area contributed by atoms with Gasteiger partial charge in [0, 0.05) is 31.1 Å². The third kappa shape index (κ3) is 3.32. The second-order valence-electron chi connectivity index (χ2n) is 7.34. The van der Waals surface area contributed by atoms with E-state index in [1.807, 2.05) is 23.1 Å². The van der Waals surface area contributed by atoms with Crippen molar-refractivity contribution in [3.05, 3.63) is 45.6 Å². The molecule has 26 heavy (non-hydrogen) atoms. The molecule has 0 radical (unpaired) electrons. The molecule has 4 nitrogen and oxygen atoms in total. The Bertz CT molecular complexity index is 793. The van der Waals surface area contributed by atoms with Crippen LogP contribution in [0.4, 0.5) is 5.69 Å². The molecule has 2 aliphatic rings. The highest BCUT2D eigenvalue weighted by atomic mass is 32.1. The number of benzene rings is 1. The predicted octanol–water partition coefficient (Wildman–Crippen LogP) is 3.93. The highest BCUT2D eigenvalue weighted by molar-refractivity contribution is 7.14. The van der Waals surface area contributed by atoms with Gasteiger partial charge < -0.3 is 14.9 Å². The zero-order chi connectivity index (χ0) is 18.1. The Labute approximate surface area is 159 Å². The molecule has 0 bridgehead atoms. The molecule has 1 aromatic heterocycles. The van der Waals surface area contributed by atoms with Crippen LogP contribution in [0.5, 0.6) is 5.75 Å². The molecule has 0 saturated carbocycles. The van der Waals surface area contributed by atoms with Crippen LogP contribution in [-0.4, -0.2) is 42.1 Å². The van der Waals surface area contributed by atoms with Gasteiger partial charge in [0.05, 0.1) is 10.6 Å². The summed E-state index contributed by atoms with van der Waals surface area (Å²) >= 11 is 1.70. The Morgan fingerprint density at radius 1 is 1.23 bits per heavy atom. The first kappa shape index (κ1) is 17.4. The number of thiophene rings is 1. The highest BCUT2D eigenvalue weighted by Gasteiger charge is 2.27. The molecule has 1 fully saturated rings. The van der Waals surface area contributed by atoms with E-state index < -0.39 is 0 Å². The molecule has 1 aliphatic carbocycles. The number of nitrogens with zero attached hydrogens (tertiary/aromatic N) is 2. The summed E-state index contributed by atoms with van der Waals surface area (Å²) in [7, 11) is 0. The number of aryl methyl sites for hydroxylation is 1. The quantitative estimate of drug-likeness (QED) is 0.890. The number of rotatable bonds is 3. The zero-order valence-corrected chi connectivity index (χ0v) is 16.1. The largest absolute Gasteiger partial charge is 0.506 e. The second-order valence-corrected chi connectivity index (χ2v) is 8.48. The smallest absolute Gasteiger partial charge is 0.264 e. The molecule has 1 amide bonds. The van der Waals surface area contributed by atoms with E-state index in [1.54, 1.807) is 17.4 Å². The molecule has 1 unspecified atom stereocenters. The molecule has 1 N–H and O–H groups in total. The first-order valence-electron chi connectivity index (χ1n) is 9.59. The minimum atomic E-state index is 0.175. The van der Waals surface area contributed by atoms with E-state index in [1.165, 1.54) is 23.3 Å². The maximum atomic E-state index is 12.9. The van der Waals surface area contributed by atoms with Crippen molar-refractivity contribution in [2.45, 2.75) is 32.6 Å². The molecule has 0 spiro atoms. The third-order valence-corrected chi connectivity index (χ3v) is 6.99. The lowest BCUT2D eigenvalue weighted by atomic mass is 9.87. The third-order valence-electron chi connectivity index (χ3n) is 5.76. The first-order chi connectivity index (χ1) is 12.7. The van der Waals surface area contributed by atoms with Crippen LogP contribution >= 0.6 is 11.3 Å². The van der Waals surface area contributed by atoms with Crippen molar-refractivity contribution >= 4 is 22.9 Å². The van der Waals surface area contributed by atoms with Crippen LogP contribution in [0.1, 0.15) is 39.9 Å². The summed E-state index contributed by atoms with van der Waals surface area (Å²) in [6, 6.07) is 9.57. The number of carbonyl (C=O) groups excluding carboxylic acids is 1. The van der Waals surface area contributed by atoms with Gasteiger partial charge in [0.2, 0.25) is 0 Å². The Kier molecular flexibility index (Phi) is 4.90. The number of amides is 1. The molecule has 2 aromatic rings. The van der Waals surface area contributed by atoms with Crippen LogP contribution in [0.25, 0.3) is 0 Å². The summed E-state index contributed by atoms with van der Waals surface area (Å²) in [4.78, 5) is 19.4. The number of hydrogen-bond donors (Lipinski definition) is 1. The van der Waals surface area contributed by atoms with Crippen molar-refractivity contribution in [2.24, 2.45) is 5.92 Å². The molecule has 5 heteroatoms. The van der Waals surface area contributed by atoms with Gasteiger partial charge >= 0.3 is 0 Å². The summed E-state index contributed by atoms with van der Waals surface area (Å²) in [5, 5.41) is 10.0. The number of piperazine rings is 1. The van der Waals surface area contributed by atoms with Crippen molar-refractivity contribution < 1.29 is 9.90 Å². The molecule has 138 valence electrons. The number of para-hydroxylation sites is 2. The van der Waals surface area contributed by atoms with Crippen LogP contribution in [0.15, 0.2) is 30.3 Å². The van der Waals surface area contributed by atoms with Gasteiger partial charge in [0.1, 0.15) is 5.75 Å². The lowest BCUT2D eigenvalue weighted by molar-refractivity contribution is 0.0751. The topological polar surface area (TPSA) is 43.8 Å². The molecule has 1 aliphatic heterocycles. The number of aromatic hydroxyl groups is 1. The van der Waals surface area contributed by atoms with E-state index in [4.69, 9.17) is 0 Å². The Morgan fingerprint density at radius 3 is 2.73 bits per heavy atom. The lowest BCUT2D eigenvalue weighted by Crippen LogP contribution is -2.48. The van der Waals surface area contributed by atoms with Gasteiger partial charge in [0.25, 0.3) is 5.91 Å². The minimum Gasteiger partial charge on any atom is -0.506 e. The van der Waals surface area contributed by atoms with Crippen LogP contribution in [-0.2, 0) is 12.8 Å². The van der Waals surface area contributed by atoms with Gasteiger partial charge in [-0.15, -0.1) is 11.3 Å². The standard InChI is InChI=1S/C21H26N2O2S/c1-2-15-7-8-19-16(13-15)14-20(26-19)21(25)23-11-9-22(10-12-23)17-5-3-4-6-18(17)24/h3-6,14-15,24H,2,7-13H2,1H3. The Hall–Kier alpha value is -2.01. The van der Waals surface area contributed by atoms with E-state index in [-0.39, 0.29) is 5.91 Å². The maximum Gasteiger partial charge on any atom is 0.264 e. The SMILES string of the molecule is CCC1CCc2sc(C(=O)N3CCN(c4ccccc4O)CC3)cc2C1. The Morgan fingerprint density at radius 2 is 2.00 bits per heavy atom. The summed E-state index contributed by atoms with van der Waals surface area (Å²) in [6.45, 7) is 5.18. The summed E-state index contributed by atoms with van der Waals surface area (Å²) < 4.78 is 0. The van der Waals surface area contributed by atoms with Crippen LogP contribution in [0.2, 0.25) is 0 Å². The molecular formula is C21H26N2O2S. The number of phenolic OH excluding ortho intramolecular Hbond substituents is 1. The van der Waals surface area contributed by atoms with Crippen molar-refractivity contribution in [1.29, 1.82) is 0 Å². The zero-order valence-electron chi connectivity index (χ0n) is 15.3. The number of hydrogen-bond acceptors (Lipinski definition) is 4. The van der Waals surface area contributed by atoms with Crippen LogP contribution < -0.4 is 4.90 Å². The van der Waals surface area contributed by atoms with Crippen molar-refractivity contribution in [3.63, 3.8) is 0 Å². The average molecular weight is 371 g/mol. The predicted molar refractivity (Wildman–Crippen MR) is 106 cm³/mol.